The van der Waals surface area contributed by atoms with E-state index >= 15 is 0 Å². The fourth-order valence-electron chi connectivity index (χ4n) is 2.44. The predicted molar refractivity (Wildman–Crippen MR) is 96.1 cm³/mol. The first-order chi connectivity index (χ1) is 11.4. The van der Waals surface area contributed by atoms with E-state index in [1.165, 1.54) is 6.20 Å². The molecule has 0 spiro atoms. The van der Waals surface area contributed by atoms with Crippen molar-refractivity contribution in [1.29, 1.82) is 0 Å². The molecule has 0 saturated heterocycles. The third-order valence-corrected chi connectivity index (χ3v) is 4.59. The molecule has 0 saturated carbocycles. The number of ketones is 1. The first kappa shape index (κ1) is 18.7. The van der Waals surface area contributed by atoms with Crippen LogP contribution in [0.15, 0.2) is 24.5 Å². The van der Waals surface area contributed by atoms with Gasteiger partial charge in [-0.15, -0.1) is 0 Å². The third kappa shape index (κ3) is 4.46. The van der Waals surface area contributed by atoms with Gasteiger partial charge >= 0.3 is 0 Å². The van der Waals surface area contributed by atoms with Crippen LogP contribution in [0.25, 0.3) is 0 Å². The zero-order valence-electron chi connectivity index (χ0n) is 14.0. The molecule has 0 fully saturated rings. The molecule has 0 N–H and O–H groups in total. The molecule has 1 heterocycles. The van der Waals surface area contributed by atoms with Crippen molar-refractivity contribution >= 4 is 29.0 Å². The van der Waals surface area contributed by atoms with Gasteiger partial charge in [-0.2, -0.15) is 0 Å². The monoisotopic (exact) mass is 366 g/mol. The highest BCUT2D eigenvalue weighted by atomic mass is 35.5. The number of aryl methyl sites for hydroxylation is 2. The summed E-state index contributed by atoms with van der Waals surface area (Å²) in [7, 11) is 0. The average Bonchev–Trinajstić information content (AvgIpc) is 2.56. The smallest absolute Gasteiger partial charge is 0.150 e. The topological polar surface area (TPSA) is 52.1 Å². The van der Waals surface area contributed by atoms with E-state index in [0.29, 0.717) is 41.1 Å². The van der Waals surface area contributed by atoms with E-state index in [1.807, 2.05) is 32.9 Å². The van der Waals surface area contributed by atoms with Crippen LogP contribution < -0.4 is 4.74 Å². The second-order valence-electron chi connectivity index (χ2n) is 5.55. The summed E-state index contributed by atoms with van der Waals surface area (Å²) >= 11 is 12.2. The lowest BCUT2D eigenvalue weighted by molar-refractivity contribution is -0.120. The molecule has 1 aromatic carbocycles. The summed E-state index contributed by atoms with van der Waals surface area (Å²) in [4.78, 5) is 20.7. The molecule has 2 aromatic rings. The zero-order valence-corrected chi connectivity index (χ0v) is 15.5. The number of hydrogen-bond acceptors (Lipinski definition) is 4. The lowest BCUT2D eigenvalue weighted by Gasteiger charge is -2.17. The number of carbonyl (C=O) groups is 1. The molecule has 128 valence electrons. The Morgan fingerprint density at radius 1 is 1.25 bits per heavy atom. The van der Waals surface area contributed by atoms with Gasteiger partial charge in [-0.1, -0.05) is 30.1 Å². The molecule has 0 aliphatic heterocycles. The molecule has 4 nitrogen and oxygen atoms in total. The largest absolute Gasteiger partial charge is 0.494 e. The van der Waals surface area contributed by atoms with Gasteiger partial charge < -0.3 is 4.74 Å². The van der Waals surface area contributed by atoms with Crippen molar-refractivity contribution in [2.45, 2.75) is 39.5 Å². The highest BCUT2D eigenvalue weighted by Crippen LogP contribution is 2.33. The number of nitrogens with zero attached hydrogens (tertiary/aromatic N) is 2. The van der Waals surface area contributed by atoms with E-state index in [1.54, 1.807) is 6.20 Å². The molecule has 0 radical (unpaired) electrons. The van der Waals surface area contributed by atoms with Gasteiger partial charge in [0.05, 0.1) is 12.3 Å². The van der Waals surface area contributed by atoms with Crippen LogP contribution in [0.3, 0.4) is 0 Å². The number of ether oxygens (including phenoxy) is 1. The fourth-order valence-corrected chi connectivity index (χ4v) is 2.81. The number of rotatable bonds is 7. The summed E-state index contributed by atoms with van der Waals surface area (Å²) < 4.78 is 5.67. The van der Waals surface area contributed by atoms with Crippen LogP contribution in [0.2, 0.25) is 10.2 Å². The maximum Gasteiger partial charge on any atom is 0.150 e. The maximum atomic E-state index is 12.6. The third-order valence-electron chi connectivity index (χ3n) is 3.87. The van der Waals surface area contributed by atoms with Crippen LogP contribution in [-0.2, 0) is 11.2 Å². The highest BCUT2D eigenvalue weighted by molar-refractivity contribution is 6.31. The Balaban J connectivity index is 2.15. The molecule has 1 atom stereocenters. The van der Waals surface area contributed by atoms with Crippen LogP contribution in [0.5, 0.6) is 5.75 Å². The molecular formula is C18H20Cl2N2O2. The summed E-state index contributed by atoms with van der Waals surface area (Å²) in [5.74, 6) is 0.468. The van der Waals surface area contributed by atoms with Gasteiger partial charge in [0.1, 0.15) is 16.7 Å². The van der Waals surface area contributed by atoms with Gasteiger partial charge in [-0.25, -0.2) is 4.98 Å². The van der Waals surface area contributed by atoms with Gasteiger partial charge in [0, 0.05) is 35.3 Å². The van der Waals surface area contributed by atoms with Gasteiger partial charge in [0.15, 0.2) is 0 Å². The van der Waals surface area contributed by atoms with E-state index in [-0.39, 0.29) is 11.7 Å². The first-order valence-corrected chi connectivity index (χ1v) is 8.60. The number of carbonyl (C=O) groups excluding carboxylic acids is 1. The van der Waals surface area contributed by atoms with Crippen LogP contribution in [-0.4, -0.2) is 22.4 Å². The minimum atomic E-state index is -0.319. The van der Waals surface area contributed by atoms with Crippen LogP contribution in [0, 0.1) is 6.92 Å². The molecule has 6 heteroatoms. The fraction of sp³-hybridized carbons (Fsp3) is 0.389. The number of halogens is 2. The molecule has 2 rings (SSSR count). The van der Waals surface area contributed by atoms with E-state index < -0.39 is 0 Å². The van der Waals surface area contributed by atoms with Gasteiger partial charge in [0.25, 0.3) is 0 Å². The van der Waals surface area contributed by atoms with Crippen LogP contribution in [0.1, 0.15) is 43.0 Å². The predicted octanol–water partition coefficient (Wildman–Crippen LogP) is 4.80. The van der Waals surface area contributed by atoms with E-state index in [9.17, 15) is 4.79 Å². The molecule has 0 amide bonds. The summed E-state index contributed by atoms with van der Waals surface area (Å²) in [5, 5.41) is 0.969. The van der Waals surface area contributed by atoms with Crippen molar-refractivity contribution in [2.24, 2.45) is 0 Å². The quantitative estimate of drug-likeness (QED) is 0.706. The Hall–Kier alpha value is -1.65. The Kier molecular flexibility index (Phi) is 6.58. The number of benzene rings is 1. The lowest BCUT2D eigenvalue weighted by Crippen LogP contribution is -2.12. The van der Waals surface area contributed by atoms with Crippen molar-refractivity contribution in [3.63, 3.8) is 0 Å². The zero-order chi connectivity index (χ0) is 17.7. The average molecular weight is 367 g/mol. The molecule has 1 unspecified atom stereocenters. The minimum Gasteiger partial charge on any atom is -0.494 e. The van der Waals surface area contributed by atoms with Gasteiger partial charge in [-0.05, 0) is 38.0 Å². The molecular weight excluding hydrogens is 347 g/mol. The molecule has 24 heavy (non-hydrogen) atoms. The number of Topliss-reactive ketones (excluding diaryl/α,β-unsaturated/α-hetero) is 1. The van der Waals surface area contributed by atoms with Gasteiger partial charge in [-0.3, -0.25) is 9.78 Å². The van der Waals surface area contributed by atoms with Gasteiger partial charge in [0.2, 0.25) is 0 Å². The molecule has 0 bridgehead atoms. The summed E-state index contributed by atoms with van der Waals surface area (Å²) in [5.41, 5.74) is 2.37. The normalized spacial score (nSPS) is 12.0. The minimum absolute atomic E-state index is 0.0811. The Labute approximate surface area is 152 Å². The van der Waals surface area contributed by atoms with Crippen LogP contribution in [0.4, 0.5) is 0 Å². The van der Waals surface area contributed by atoms with Crippen LogP contribution >= 0.6 is 23.2 Å². The maximum absolute atomic E-state index is 12.6. The Morgan fingerprint density at radius 2 is 1.96 bits per heavy atom. The van der Waals surface area contributed by atoms with E-state index in [4.69, 9.17) is 27.9 Å². The molecule has 0 aliphatic carbocycles. The Bertz CT molecular complexity index is 735. The summed E-state index contributed by atoms with van der Waals surface area (Å²) in [6, 6.07) is 3.70. The molecule has 0 aliphatic rings. The molecule has 1 aromatic heterocycles. The SMILES string of the molecule is CCOc1cc(C)c(Cl)cc1C(C)C(=O)CCc1nccnc1Cl. The van der Waals surface area contributed by atoms with Crippen molar-refractivity contribution in [2.75, 3.05) is 6.61 Å². The van der Waals surface area contributed by atoms with Crippen molar-refractivity contribution < 1.29 is 9.53 Å². The highest BCUT2D eigenvalue weighted by Gasteiger charge is 2.21. The van der Waals surface area contributed by atoms with E-state index in [2.05, 4.69) is 9.97 Å². The number of aromatic nitrogens is 2. The summed E-state index contributed by atoms with van der Waals surface area (Å²) in [6.07, 6.45) is 3.89. The standard InChI is InChI=1S/C18H20Cl2N2O2/c1-4-24-17-9-11(2)14(19)10-13(17)12(3)16(23)6-5-15-18(20)22-8-7-21-15/h7-10,12H,4-6H2,1-3H3. The summed E-state index contributed by atoms with van der Waals surface area (Å²) in [6.45, 7) is 6.22. The van der Waals surface area contributed by atoms with Crippen molar-refractivity contribution in [3.05, 3.63) is 51.5 Å². The van der Waals surface area contributed by atoms with Crippen molar-refractivity contribution in [1.82, 2.24) is 9.97 Å². The number of hydrogen-bond donors (Lipinski definition) is 0. The second kappa shape index (κ2) is 8.45. The van der Waals surface area contributed by atoms with Crippen molar-refractivity contribution in [3.8, 4) is 5.75 Å². The lowest BCUT2D eigenvalue weighted by atomic mass is 9.92. The second-order valence-corrected chi connectivity index (χ2v) is 6.32. The Morgan fingerprint density at radius 3 is 2.62 bits per heavy atom. The van der Waals surface area contributed by atoms with E-state index in [0.717, 1.165) is 11.1 Å². The first-order valence-electron chi connectivity index (χ1n) is 7.85.